The van der Waals surface area contributed by atoms with Crippen LogP contribution in [0.3, 0.4) is 0 Å². The summed E-state index contributed by atoms with van der Waals surface area (Å²) >= 11 is 5.17. The lowest BCUT2D eigenvalue weighted by atomic mass is 10.1. The van der Waals surface area contributed by atoms with Crippen molar-refractivity contribution in [1.29, 1.82) is 0 Å². The van der Waals surface area contributed by atoms with Gasteiger partial charge in [-0.25, -0.2) is 9.97 Å². The Morgan fingerprint density at radius 2 is 2.14 bits per heavy atom. The smallest absolute Gasteiger partial charge is 0.166 e. The average molecular weight is 324 g/mol. The summed E-state index contributed by atoms with van der Waals surface area (Å²) in [6.45, 7) is 3.56. The van der Waals surface area contributed by atoms with E-state index >= 15 is 0 Å². The van der Waals surface area contributed by atoms with E-state index in [0.717, 1.165) is 0 Å². The number of aromatic amines is 1. The highest BCUT2D eigenvalue weighted by atomic mass is 32.1. The maximum atomic E-state index is 9.54. The Bertz CT molecular complexity index is 773. The van der Waals surface area contributed by atoms with Crippen LogP contribution in [-0.4, -0.2) is 55.3 Å². The molecule has 22 heavy (non-hydrogen) atoms. The van der Waals surface area contributed by atoms with Gasteiger partial charge in [0.25, 0.3) is 0 Å². The van der Waals surface area contributed by atoms with Crippen molar-refractivity contribution in [3.63, 3.8) is 0 Å². The number of nitrogens with zero attached hydrogens (tertiary/aromatic N) is 3. The summed E-state index contributed by atoms with van der Waals surface area (Å²) < 4.78 is 20.0. The molecule has 0 unspecified atom stereocenters. The predicted molar refractivity (Wildman–Crippen MR) is 77.5 cm³/mol. The number of aliphatic hydroxyl groups excluding tert-OH is 1. The fourth-order valence-corrected chi connectivity index (χ4v) is 3.30. The van der Waals surface area contributed by atoms with Crippen molar-refractivity contribution >= 4 is 23.4 Å². The normalized spacial score (nSPS) is 33.4. The molecule has 4 rings (SSSR count). The fourth-order valence-electron chi connectivity index (χ4n) is 3.10. The summed E-state index contributed by atoms with van der Waals surface area (Å²) in [6.07, 6.45) is 1.59. The first kappa shape index (κ1) is 14.2. The van der Waals surface area contributed by atoms with E-state index in [-0.39, 0.29) is 18.8 Å². The molecule has 0 bridgehead atoms. The third-order valence-corrected chi connectivity index (χ3v) is 4.26. The maximum absolute atomic E-state index is 9.54. The number of rotatable bonds is 2. The Kier molecular flexibility index (Phi) is 3.10. The number of H-pyrrole nitrogens is 1. The highest BCUT2D eigenvalue weighted by Crippen LogP contribution is 2.43. The second-order valence-electron chi connectivity index (χ2n) is 5.87. The molecule has 0 saturated carbocycles. The maximum Gasteiger partial charge on any atom is 0.166 e. The lowest BCUT2D eigenvalue weighted by molar-refractivity contribution is -0.199. The highest BCUT2D eigenvalue weighted by molar-refractivity contribution is 7.71. The van der Waals surface area contributed by atoms with Gasteiger partial charge in [-0.2, -0.15) is 0 Å². The third kappa shape index (κ3) is 2.01. The molecule has 2 saturated heterocycles. The zero-order chi connectivity index (χ0) is 15.5. The summed E-state index contributed by atoms with van der Waals surface area (Å²) in [5.41, 5.74) is 1.30. The van der Waals surface area contributed by atoms with Crippen LogP contribution in [-0.2, 0) is 14.2 Å². The summed E-state index contributed by atoms with van der Waals surface area (Å²) in [4.78, 5) is 11.3. The lowest BCUT2D eigenvalue weighted by Gasteiger charge is -2.24. The van der Waals surface area contributed by atoms with E-state index in [4.69, 9.17) is 26.4 Å². The Hall–Kier alpha value is -1.39. The van der Waals surface area contributed by atoms with E-state index in [1.807, 2.05) is 18.4 Å². The molecule has 0 aliphatic carbocycles. The largest absolute Gasteiger partial charge is 0.394 e. The second-order valence-corrected chi connectivity index (χ2v) is 6.26. The minimum absolute atomic E-state index is 0.138. The number of hydrogen-bond acceptors (Lipinski definition) is 7. The Morgan fingerprint density at radius 3 is 2.91 bits per heavy atom. The first-order valence-electron chi connectivity index (χ1n) is 7.02. The van der Waals surface area contributed by atoms with Crippen LogP contribution in [0.1, 0.15) is 20.1 Å². The van der Waals surface area contributed by atoms with Crippen molar-refractivity contribution in [3.05, 3.63) is 17.3 Å². The molecule has 9 heteroatoms. The molecule has 0 amide bonds. The van der Waals surface area contributed by atoms with Crippen LogP contribution in [0.5, 0.6) is 0 Å². The van der Waals surface area contributed by atoms with Gasteiger partial charge in [-0.05, 0) is 13.8 Å². The molecule has 118 valence electrons. The summed E-state index contributed by atoms with van der Waals surface area (Å²) in [5.74, 6) is -0.713. The van der Waals surface area contributed by atoms with Crippen molar-refractivity contribution in [3.8, 4) is 0 Å². The van der Waals surface area contributed by atoms with Crippen LogP contribution in [0.2, 0.25) is 0 Å². The van der Waals surface area contributed by atoms with Gasteiger partial charge in [-0.1, -0.05) is 12.2 Å². The van der Waals surface area contributed by atoms with Gasteiger partial charge in [0, 0.05) is 0 Å². The van der Waals surface area contributed by atoms with Crippen LogP contribution >= 0.6 is 12.2 Å². The van der Waals surface area contributed by atoms with Gasteiger partial charge in [0.2, 0.25) is 0 Å². The van der Waals surface area contributed by atoms with Gasteiger partial charge in [-0.15, -0.1) is 0 Å². The molecule has 2 aromatic rings. The van der Waals surface area contributed by atoms with E-state index in [0.29, 0.717) is 15.8 Å². The van der Waals surface area contributed by atoms with Crippen molar-refractivity contribution < 1.29 is 19.3 Å². The Morgan fingerprint density at radius 1 is 1.36 bits per heavy atom. The average Bonchev–Trinajstić information content (AvgIpc) is 3.10. The molecular weight excluding hydrogens is 308 g/mol. The van der Waals surface area contributed by atoms with Crippen molar-refractivity contribution in [1.82, 2.24) is 19.5 Å². The zero-order valence-corrected chi connectivity index (χ0v) is 12.9. The van der Waals surface area contributed by atoms with Gasteiger partial charge < -0.3 is 24.3 Å². The Balaban J connectivity index is 1.78. The standard InChI is InChI=1S/C13H16N4O4S/c1-13(2)20-8-6(3-18)19-12(9(8)21-13)17-5-16-7-10(17)14-4-15-11(7)22/h4-6,8-9,12,18H,3H2,1-2H3,(H,14,15,22)/t6-,8+,9-,12-/m1/s1. The molecule has 8 nitrogen and oxygen atoms in total. The van der Waals surface area contributed by atoms with Crippen molar-refractivity contribution in [2.75, 3.05) is 6.61 Å². The van der Waals surface area contributed by atoms with Crippen molar-refractivity contribution in [2.45, 2.75) is 44.2 Å². The van der Waals surface area contributed by atoms with E-state index in [1.54, 1.807) is 6.33 Å². The van der Waals surface area contributed by atoms with E-state index in [9.17, 15) is 5.11 Å². The van der Waals surface area contributed by atoms with Crippen LogP contribution < -0.4 is 0 Å². The minimum atomic E-state index is -0.713. The first-order valence-corrected chi connectivity index (χ1v) is 7.43. The minimum Gasteiger partial charge on any atom is -0.394 e. The van der Waals surface area contributed by atoms with E-state index < -0.39 is 18.1 Å². The molecule has 0 radical (unpaired) electrons. The number of ether oxygens (including phenoxy) is 3. The molecule has 2 aliphatic rings. The molecule has 4 atom stereocenters. The third-order valence-electron chi connectivity index (χ3n) is 3.96. The van der Waals surface area contributed by atoms with Crippen LogP contribution in [0.4, 0.5) is 0 Å². The second kappa shape index (κ2) is 4.80. The molecule has 0 aromatic carbocycles. The number of imidazole rings is 1. The molecule has 2 aromatic heterocycles. The number of nitrogens with one attached hydrogen (secondary N) is 1. The number of fused-ring (bicyclic) bond motifs is 2. The zero-order valence-electron chi connectivity index (χ0n) is 12.1. The molecule has 4 heterocycles. The summed E-state index contributed by atoms with van der Waals surface area (Å²) in [7, 11) is 0. The van der Waals surface area contributed by atoms with Crippen molar-refractivity contribution in [2.24, 2.45) is 0 Å². The Labute approximate surface area is 131 Å². The SMILES string of the molecule is CC1(C)O[C@@H]2[C@@H](O1)[C@@H](CO)O[C@H]2n1cnc2c(=S)nc[nH]c21. The molecule has 0 spiro atoms. The van der Waals surface area contributed by atoms with E-state index in [1.165, 1.54) is 6.33 Å². The topological polar surface area (TPSA) is 94.4 Å². The first-order chi connectivity index (χ1) is 10.5. The van der Waals surface area contributed by atoms with Gasteiger partial charge in [0.05, 0.1) is 19.3 Å². The quantitative estimate of drug-likeness (QED) is 0.793. The van der Waals surface area contributed by atoms with Gasteiger partial charge >= 0.3 is 0 Å². The van der Waals surface area contributed by atoms with Crippen LogP contribution in [0, 0.1) is 4.64 Å². The number of aliphatic hydroxyl groups is 1. The van der Waals surface area contributed by atoms with Gasteiger partial charge in [0.15, 0.2) is 16.7 Å². The van der Waals surface area contributed by atoms with E-state index in [2.05, 4.69) is 15.0 Å². The van der Waals surface area contributed by atoms with Gasteiger partial charge in [0.1, 0.15) is 29.5 Å². The van der Waals surface area contributed by atoms with Crippen LogP contribution in [0.25, 0.3) is 11.2 Å². The monoisotopic (exact) mass is 324 g/mol. The summed E-state index contributed by atoms with van der Waals surface area (Å²) in [5, 5.41) is 9.54. The number of hydrogen-bond donors (Lipinski definition) is 2. The fraction of sp³-hybridized carbons (Fsp3) is 0.615. The lowest BCUT2D eigenvalue weighted by Crippen LogP contribution is -2.31. The molecular formula is C13H16N4O4S. The summed E-state index contributed by atoms with van der Waals surface area (Å²) in [6, 6.07) is 0. The van der Waals surface area contributed by atoms with Gasteiger partial charge in [-0.3, -0.25) is 4.57 Å². The molecule has 2 N–H and O–H groups in total. The molecule has 2 aliphatic heterocycles. The predicted octanol–water partition coefficient (Wildman–Crippen LogP) is 0.899. The van der Waals surface area contributed by atoms with Crippen LogP contribution in [0.15, 0.2) is 12.7 Å². The highest BCUT2D eigenvalue weighted by Gasteiger charge is 2.55. The molecule has 2 fully saturated rings. The number of aromatic nitrogens is 4.